The molecule has 0 aliphatic carbocycles. The van der Waals surface area contributed by atoms with Gasteiger partial charge in [-0.25, -0.2) is 9.48 Å². The minimum absolute atomic E-state index is 0.187. The fourth-order valence-corrected chi connectivity index (χ4v) is 4.19. The van der Waals surface area contributed by atoms with Crippen LogP contribution in [0.25, 0.3) is 16.8 Å². The highest BCUT2D eigenvalue weighted by molar-refractivity contribution is 5.99. The molecular formula is C29H28F3N5O2. The number of hydrogen-bond acceptors (Lipinski definition) is 3. The highest BCUT2D eigenvalue weighted by atomic mass is 19.4. The summed E-state index contributed by atoms with van der Waals surface area (Å²) in [6, 6.07) is 20.7. The number of benzene rings is 3. The molecule has 39 heavy (non-hydrogen) atoms. The summed E-state index contributed by atoms with van der Waals surface area (Å²) in [4.78, 5) is 27.4. The Bertz CT molecular complexity index is 1460. The highest BCUT2D eigenvalue weighted by Gasteiger charge is 2.30. The molecule has 202 valence electrons. The number of carbonyl (C=O) groups is 2. The van der Waals surface area contributed by atoms with E-state index < -0.39 is 23.7 Å². The van der Waals surface area contributed by atoms with Gasteiger partial charge in [-0.3, -0.25) is 4.79 Å². The largest absolute Gasteiger partial charge is 0.416 e. The molecule has 10 heteroatoms. The van der Waals surface area contributed by atoms with E-state index in [1.807, 2.05) is 68.4 Å². The molecule has 0 saturated carbocycles. The molecule has 0 spiro atoms. The first-order valence-corrected chi connectivity index (χ1v) is 12.3. The molecule has 4 rings (SSSR count). The molecule has 0 fully saturated rings. The van der Waals surface area contributed by atoms with Gasteiger partial charge in [-0.2, -0.15) is 18.3 Å². The Labute approximate surface area is 224 Å². The molecular weight excluding hydrogens is 507 g/mol. The van der Waals surface area contributed by atoms with Gasteiger partial charge in [0.1, 0.15) is 12.4 Å². The van der Waals surface area contributed by atoms with Crippen molar-refractivity contribution in [2.24, 2.45) is 0 Å². The van der Waals surface area contributed by atoms with E-state index in [1.165, 1.54) is 17.0 Å². The quantitative estimate of drug-likeness (QED) is 0.278. The van der Waals surface area contributed by atoms with Crippen molar-refractivity contribution >= 4 is 23.4 Å². The summed E-state index contributed by atoms with van der Waals surface area (Å²) in [7, 11) is 0. The molecule has 0 saturated heterocycles. The van der Waals surface area contributed by atoms with E-state index in [0.29, 0.717) is 11.5 Å². The molecule has 1 heterocycles. The lowest BCUT2D eigenvalue weighted by Gasteiger charge is -2.21. The molecule has 4 aromatic rings. The Kier molecular flexibility index (Phi) is 8.04. The van der Waals surface area contributed by atoms with Crippen LogP contribution in [0, 0.1) is 13.8 Å². The van der Waals surface area contributed by atoms with Gasteiger partial charge in [0.2, 0.25) is 5.91 Å². The van der Waals surface area contributed by atoms with Crippen LogP contribution in [0.5, 0.6) is 0 Å². The smallest absolute Gasteiger partial charge is 0.315 e. The number of carbonyl (C=O) groups excluding carboxylic acids is 2. The molecule has 0 unspecified atom stereocenters. The summed E-state index contributed by atoms with van der Waals surface area (Å²) in [5.74, 6) is 0.0172. The van der Waals surface area contributed by atoms with Crippen molar-refractivity contribution in [2.45, 2.75) is 26.9 Å². The van der Waals surface area contributed by atoms with Gasteiger partial charge in [-0.1, -0.05) is 48.5 Å². The first-order valence-electron chi connectivity index (χ1n) is 12.3. The van der Waals surface area contributed by atoms with Crippen molar-refractivity contribution in [2.75, 3.05) is 23.7 Å². The maximum absolute atomic E-state index is 13.3. The normalized spacial score (nSPS) is 11.2. The second-order valence-electron chi connectivity index (χ2n) is 8.94. The Morgan fingerprint density at radius 2 is 1.54 bits per heavy atom. The van der Waals surface area contributed by atoms with Crippen LogP contribution in [0.1, 0.15) is 23.7 Å². The van der Waals surface area contributed by atoms with Gasteiger partial charge in [0, 0.05) is 17.8 Å². The molecule has 2 N–H and O–H groups in total. The SMILES string of the molecule is CCN(CC(=O)Nc1c(-c2ccccc2)c(C)nn1-c1ccccc1C)C(=O)Nc1ccc(C(F)(F)F)cc1. The molecule has 0 aliphatic heterocycles. The van der Waals surface area contributed by atoms with E-state index in [9.17, 15) is 22.8 Å². The van der Waals surface area contributed by atoms with E-state index >= 15 is 0 Å². The van der Waals surface area contributed by atoms with Gasteiger partial charge in [-0.05, 0) is 62.2 Å². The van der Waals surface area contributed by atoms with Crippen molar-refractivity contribution in [1.29, 1.82) is 0 Å². The van der Waals surface area contributed by atoms with Crippen LogP contribution in [0.4, 0.5) is 29.5 Å². The lowest BCUT2D eigenvalue weighted by molar-refractivity contribution is -0.137. The Balaban J connectivity index is 1.57. The van der Waals surface area contributed by atoms with Gasteiger partial charge in [0.25, 0.3) is 0 Å². The monoisotopic (exact) mass is 535 g/mol. The Hall–Kier alpha value is -4.60. The van der Waals surface area contributed by atoms with Crippen LogP contribution in [-0.4, -0.2) is 39.7 Å². The average Bonchev–Trinajstić information content (AvgIpc) is 3.22. The third-order valence-corrected chi connectivity index (χ3v) is 6.19. The highest BCUT2D eigenvalue weighted by Crippen LogP contribution is 2.34. The molecule has 0 radical (unpaired) electrons. The summed E-state index contributed by atoms with van der Waals surface area (Å²) in [6.07, 6.45) is -4.47. The summed E-state index contributed by atoms with van der Waals surface area (Å²) in [5.41, 5.74) is 3.47. The Morgan fingerprint density at radius 3 is 2.15 bits per heavy atom. The number of likely N-dealkylation sites (N-methyl/N-ethyl adjacent to an activating group) is 1. The minimum atomic E-state index is -4.47. The molecule has 0 atom stereocenters. The Morgan fingerprint density at radius 1 is 0.897 bits per heavy atom. The van der Waals surface area contributed by atoms with Crippen LogP contribution < -0.4 is 10.6 Å². The zero-order valence-corrected chi connectivity index (χ0v) is 21.7. The van der Waals surface area contributed by atoms with Crippen molar-refractivity contribution in [3.63, 3.8) is 0 Å². The van der Waals surface area contributed by atoms with Crippen molar-refractivity contribution < 1.29 is 22.8 Å². The predicted molar refractivity (Wildman–Crippen MR) is 145 cm³/mol. The van der Waals surface area contributed by atoms with Gasteiger partial charge in [-0.15, -0.1) is 0 Å². The van der Waals surface area contributed by atoms with Crippen molar-refractivity contribution in [3.8, 4) is 16.8 Å². The predicted octanol–water partition coefficient (Wildman–Crippen LogP) is 6.67. The van der Waals surface area contributed by atoms with Gasteiger partial charge in [0.15, 0.2) is 0 Å². The summed E-state index contributed by atoms with van der Waals surface area (Å²) in [6.45, 7) is 5.43. The number of nitrogens with zero attached hydrogens (tertiary/aromatic N) is 3. The lowest BCUT2D eigenvalue weighted by Crippen LogP contribution is -2.40. The average molecular weight is 536 g/mol. The van der Waals surface area contributed by atoms with E-state index in [4.69, 9.17) is 5.10 Å². The molecule has 3 aromatic carbocycles. The van der Waals surface area contributed by atoms with Crippen LogP contribution >= 0.6 is 0 Å². The second-order valence-corrected chi connectivity index (χ2v) is 8.94. The second kappa shape index (κ2) is 11.4. The molecule has 7 nitrogen and oxygen atoms in total. The van der Waals surface area contributed by atoms with Crippen molar-refractivity contribution in [1.82, 2.24) is 14.7 Å². The minimum Gasteiger partial charge on any atom is -0.315 e. The third-order valence-electron chi connectivity index (χ3n) is 6.19. The fourth-order valence-electron chi connectivity index (χ4n) is 4.19. The number of rotatable bonds is 7. The first kappa shape index (κ1) is 27.4. The number of anilines is 2. The number of alkyl halides is 3. The van der Waals surface area contributed by atoms with E-state index in [2.05, 4.69) is 10.6 Å². The number of nitrogens with one attached hydrogen (secondary N) is 2. The van der Waals surface area contributed by atoms with Crippen molar-refractivity contribution in [3.05, 3.63) is 95.7 Å². The van der Waals surface area contributed by atoms with Crippen LogP contribution in [-0.2, 0) is 11.0 Å². The maximum Gasteiger partial charge on any atom is 0.416 e. The number of aryl methyl sites for hydroxylation is 2. The number of hydrogen-bond donors (Lipinski definition) is 2. The molecule has 3 amide bonds. The summed E-state index contributed by atoms with van der Waals surface area (Å²) in [5, 5.41) is 10.2. The van der Waals surface area contributed by atoms with Gasteiger partial charge < -0.3 is 15.5 Å². The fraction of sp³-hybridized carbons (Fsp3) is 0.207. The number of amides is 3. The first-order chi connectivity index (χ1) is 18.6. The number of aromatic nitrogens is 2. The zero-order valence-electron chi connectivity index (χ0n) is 21.7. The zero-order chi connectivity index (χ0) is 28.2. The van der Waals surface area contributed by atoms with Crippen LogP contribution in [0.3, 0.4) is 0 Å². The van der Waals surface area contributed by atoms with E-state index in [1.54, 1.807) is 11.6 Å². The molecule has 1 aromatic heterocycles. The molecule has 0 aliphatic rings. The number of para-hydroxylation sites is 1. The third kappa shape index (κ3) is 6.28. The standard InChI is InChI=1S/C29H28F3N5O2/c1-4-36(28(39)33-23-16-14-22(15-17-23)29(30,31)32)18-25(38)34-27-26(21-11-6-5-7-12-21)20(3)35-37(27)24-13-9-8-10-19(24)2/h5-17H,4,18H2,1-3H3,(H,33,39)(H,34,38). The van der Waals surface area contributed by atoms with Gasteiger partial charge >= 0.3 is 12.2 Å². The molecule has 0 bridgehead atoms. The van der Waals surface area contributed by atoms with Crippen LogP contribution in [0.15, 0.2) is 78.9 Å². The topological polar surface area (TPSA) is 79.3 Å². The number of urea groups is 1. The van der Waals surface area contributed by atoms with Gasteiger partial charge in [0.05, 0.1) is 16.9 Å². The van der Waals surface area contributed by atoms with E-state index in [0.717, 1.165) is 34.5 Å². The number of halogens is 3. The lowest BCUT2D eigenvalue weighted by atomic mass is 10.1. The summed E-state index contributed by atoms with van der Waals surface area (Å²) < 4.78 is 40.2. The van der Waals surface area contributed by atoms with Crippen LogP contribution in [0.2, 0.25) is 0 Å². The summed E-state index contributed by atoms with van der Waals surface area (Å²) >= 11 is 0. The van der Waals surface area contributed by atoms with E-state index in [-0.39, 0.29) is 18.8 Å². The maximum atomic E-state index is 13.3.